The second-order valence-electron chi connectivity index (χ2n) is 8.39. The molecule has 10 nitrogen and oxygen atoms in total. The van der Waals surface area contributed by atoms with E-state index < -0.39 is 48.9 Å². The summed E-state index contributed by atoms with van der Waals surface area (Å²) in [7, 11) is 3.17. The molecule has 2 saturated heterocycles. The second kappa shape index (κ2) is 11.7. The van der Waals surface area contributed by atoms with E-state index in [1.165, 1.54) is 13.8 Å². The fraction of sp³-hybridized carbons (Fsp3) is 0.462. The number of benzene rings is 2. The summed E-state index contributed by atoms with van der Waals surface area (Å²) in [5, 5.41) is 0. The molecular weight excluding hydrogens is 472 g/mol. The highest BCUT2D eigenvalue weighted by Crippen LogP contribution is 2.37. The predicted octanol–water partition coefficient (Wildman–Crippen LogP) is 2.92. The maximum absolute atomic E-state index is 12.0. The van der Waals surface area contributed by atoms with Gasteiger partial charge in [-0.15, -0.1) is 0 Å². The van der Waals surface area contributed by atoms with Crippen LogP contribution in [0.4, 0.5) is 0 Å². The van der Waals surface area contributed by atoms with Crippen LogP contribution in [0.25, 0.3) is 0 Å². The molecular formula is C26H30O10. The van der Waals surface area contributed by atoms with Crippen molar-refractivity contribution in [3.63, 3.8) is 0 Å². The Kier molecular flexibility index (Phi) is 8.42. The van der Waals surface area contributed by atoms with Crippen molar-refractivity contribution >= 4 is 11.9 Å². The lowest BCUT2D eigenvalue weighted by atomic mass is 9.97. The van der Waals surface area contributed by atoms with Gasteiger partial charge in [0.05, 0.1) is 27.4 Å². The molecule has 0 bridgehead atoms. The zero-order valence-corrected chi connectivity index (χ0v) is 20.6. The van der Waals surface area contributed by atoms with Crippen LogP contribution in [-0.2, 0) is 44.6 Å². The maximum Gasteiger partial charge on any atom is 0.303 e. The quantitative estimate of drug-likeness (QED) is 0.500. The van der Waals surface area contributed by atoms with Crippen LogP contribution < -0.4 is 9.47 Å². The first-order chi connectivity index (χ1) is 17.4. The minimum absolute atomic E-state index is 0.147. The zero-order chi connectivity index (χ0) is 25.7. The Morgan fingerprint density at radius 3 is 2.00 bits per heavy atom. The molecule has 194 valence electrons. The first-order valence-electron chi connectivity index (χ1n) is 11.5. The van der Waals surface area contributed by atoms with E-state index in [0.717, 1.165) is 11.1 Å². The fourth-order valence-corrected chi connectivity index (χ4v) is 4.15. The molecule has 36 heavy (non-hydrogen) atoms. The van der Waals surface area contributed by atoms with Gasteiger partial charge in [0.15, 0.2) is 24.8 Å². The van der Waals surface area contributed by atoms with E-state index in [4.69, 9.17) is 37.9 Å². The lowest BCUT2D eigenvalue weighted by molar-refractivity contribution is -0.363. The Labute approximate surface area is 209 Å². The average Bonchev–Trinajstić information content (AvgIpc) is 2.88. The van der Waals surface area contributed by atoms with Gasteiger partial charge in [0.2, 0.25) is 0 Å². The molecule has 0 aromatic heterocycles. The van der Waals surface area contributed by atoms with Gasteiger partial charge in [-0.05, 0) is 29.8 Å². The molecule has 2 aliphatic heterocycles. The van der Waals surface area contributed by atoms with E-state index in [0.29, 0.717) is 11.5 Å². The van der Waals surface area contributed by atoms with Gasteiger partial charge in [0.1, 0.15) is 23.7 Å². The number of carbonyl (C=O) groups is 2. The Morgan fingerprint density at radius 1 is 0.833 bits per heavy atom. The van der Waals surface area contributed by atoms with Crippen LogP contribution >= 0.6 is 0 Å². The van der Waals surface area contributed by atoms with Gasteiger partial charge < -0.3 is 37.9 Å². The fourth-order valence-electron chi connectivity index (χ4n) is 4.15. The molecule has 0 amide bonds. The summed E-state index contributed by atoms with van der Waals surface area (Å²) in [6.45, 7) is 2.85. The van der Waals surface area contributed by atoms with Crippen LogP contribution in [0.2, 0.25) is 0 Å². The number of methoxy groups -OCH3 is 2. The van der Waals surface area contributed by atoms with Crippen LogP contribution in [0.1, 0.15) is 31.3 Å². The minimum Gasteiger partial charge on any atom is -0.497 e. The van der Waals surface area contributed by atoms with Crippen LogP contribution in [0, 0.1) is 0 Å². The molecule has 0 aliphatic carbocycles. The predicted molar refractivity (Wildman–Crippen MR) is 124 cm³/mol. The van der Waals surface area contributed by atoms with Crippen LogP contribution in [0.3, 0.4) is 0 Å². The van der Waals surface area contributed by atoms with Crippen molar-refractivity contribution in [3.05, 3.63) is 59.7 Å². The van der Waals surface area contributed by atoms with Crippen LogP contribution in [-0.4, -0.2) is 63.5 Å². The smallest absolute Gasteiger partial charge is 0.303 e. The summed E-state index contributed by atoms with van der Waals surface area (Å²) in [5.41, 5.74) is 1.60. The Hall–Kier alpha value is -3.18. The second-order valence-corrected chi connectivity index (χ2v) is 8.39. The van der Waals surface area contributed by atoms with Gasteiger partial charge >= 0.3 is 11.9 Å². The van der Waals surface area contributed by atoms with E-state index in [1.54, 1.807) is 26.4 Å². The van der Waals surface area contributed by atoms with Gasteiger partial charge in [-0.3, -0.25) is 9.59 Å². The molecule has 6 atom stereocenters. The largest absolute Gasteiger partial charge is 0.497 e. The van der Waals surface area contributed by atoms with Crippen molar-refractivity contribution in [3.8, 4) is 11.5 Å². The van der Waals surface area contributed by atoms with E-state index in [2.05, 4.69) is 0 Å². The Balaban J connectivity index is 1.54. The Morgan fingerprint density at radius 2 is 1.42 bits per heavy atom. The molecule has 2 aliphatic rings. The first kappa shape index (κ1) is 25.9. The zero-order valence-electron chi connectivity index (χ0n) is 20.6. The summed E-state index contributed by atoms with van der Waals surface area (Å²) >= 11 is 0. The van der Waals surface area contributed by atoms with Gasteiger partial charge in [0, 0.05) is 19.4 Å². The molecule has 0 unspecified atom stereocenters. The number of ether oxygens (including phenoxy) is 8. The van der Waals surface area contributed by atoms with Crippen LogP contribution in [0.5, 0.6) is 11.5 Å². The maximum atomic E-state index is 12.0. The van der Waals surface area contributed by atoms with Crippen molar-refractivity contribution in [2.45, 2.75) is 57.5 Å². The minimum atomic E-state index is -1.06. The van der Waals surface area contributed by atoms with Crippen molar-refractivity contribution in [1.82, 2.24) is 0 Å². The van der Waals surface area contributed by atoms with Gasteiger partial charge in [0.25, 0.3) is 0 Å². The van der Waals surface area contributed by atoms with Gasteiger partial charge in [-0.2, -0.15) is 0 Å². The van der Waals surface area contributed by atoms with Crippen LogP contribution in [0.15, 0.2) is 48.5 Å². The van der Waals surface area contributed by atoms with Crippen molar-refractivity contribution < 1.29 is 47.5 Å². The molecule has 0 saturated carbocycles. The molecule has 2 fully saturated rings. The highest BCUT2D eigenvalue weighted by atomic mass is 16.8. The SMILES string of the molecule is COc1ccc(CO[C@@H]2O[C@@H]3CO[C@@H](c4ccc(OC)cc4)O[C@H]3[C@H](OC(C)=O)[C@H]2OC(C)=O)cc1. The number of hydrogen-bond acceptors (Lipinski definition) is 10. The van der Waals surface area contributed by atoms with E-state index in [1.807, 2.05) is 36.4 Å². The third kappa shape index (κ3) is 6.14. The highest BCUT2D eigenvalue weighted by molar-refractivity contribution is 5.67. The molecule has 10 heteroatoms. The summed E-state index contributed by atoms with van der Waals surface area (Å²) in [6.07, 6.45) is -5.19. The monoisotopic (exact) mass is 502 g/mol. The Bertz CT molecular complexity index is 1020. The summed E-state index contributed by atoms with van der Waals surface area (Å²) in [5.74, 6) is 0.281. The lowest BCUT2D eigenvalue weighted by Gasteiger charge is -2.48. The number of fused-ring (bicyclic) bond motifs is 1. The third-order valence-electron chi connectivity index (χ3n) is 5.85. The van der Waals surface area contributed by atoms with Crippen molar-refractivity contribution in [2.75, 3.05) is 20.8 Å². The van der Waals surface area contributed by atoms with E-state index in [9.17, 15) is 9.59 Å². The average molecular weight is 503 g/mol. The number of rotatable bonds is 8. The first-order valence-corrected chi connectivity index (χ1v) is 11.5. The lowest BCUT2D eigenvalue weighted by Crippen LogP contribution is -2.64. The summed E-state index contributed by atoms with van der Waals surface area (Å²) in [6, 6.07) is 14.5. The van der Waals surface area contributed by atoms with Crippen molar-refractivity contribution in [2.24, 2.45) is 0 Å². The van der Waals surface area contributed by atoms with E-state index in [-0.39, 0.29) is 13.2 Å². The molecule has 2 aromatic carbocycles. The van der Waals surface area contributed by atoms with Gasteiger partial charge in [-0.1, -0.05) is 24.3 Å². The van der Waals surface area contributed by atoms with E-state index >= 15 is 0 Å². The van der Waals surface area contributed by atoms with Crippen molar-refractivity contribution in [1.29, 1.82) is 0 Å². The highest BCUT2D eigenvalue weighted by Gasteiger charge is 2.53. The summed E-state index contributed by atoms with van der Waals surface area (Å²) in [4.78, 5) is 24.0. The van der Waals surface area contributed by atoms with Gasteiger partial charge in [-0.25, -0.2) is 0 Å². The number of carbonyl (C=O) groups excluding carboxylic acids is 2. The molecule has 4 rings (SSSR count). The molecule has 0 spiro atoms. The number of esters is 2. The third-order valence-corrected chi connectivity index (χ3v) is 5.85. The summed E-state index contributed by atoms with van der Waals surface area (Å²) < 4.78 is 45.7. The molecule has 2 heterocycles. The standard InChI is InChI=1S/C26H30O10/c1-15(27)33-23-22-21(14-32-25(36-22)18-7-11-20(30-4)12-8-18)35-26(24(23)34-16(2)28)31-13-17-5-9-19(29-3)10-6-17/h5-12,21-26H,13-14H2,1-4H3/t21-,22-,23+,24-,25-,26-/m1/s1. The normalized spacial score (nSPS) is 27.4. The molecule has 0 radical (unpaired) electrons. The topological polar surface area (TPSA) is 108 Å². The molecule has 2 aromatic rings. The molecule has 0 N–H and O–H groups in total. The number of hydrogen-bond donors (Lipinski definition) is 0.